The Morgan fingerprint density at radius 2 is 1.89 bits per heavy atom. The number of methoxy groups -OCH3 is 1. The molecule has 6 nitrogen and oxygen atoms in total. The molecule has 1 aromatic carbocycles. The van der Waals surface area contributed by atoms with Gasteiger partial charge >= 0.3 is 0 Å². The number of aliphatic hydroxyl groups excluding tert-OH is 1. The van der Waals surface area contributed by atoms with Crippen molar-refractivity contribution >= 4 is 0 Å². The number of hydrogen-bond acceptors (Lipinski definition) is 6. The molecule has 1 aliphatic heterocycles. The van der Waals surface area contributed by atoms with Gasteiger partial charge in [0.1, 0.15) is 12.7 Å². The minimum absolute atomic E-state index is 0.243. The maximum Gasteiger partial charge on any atom is 0.161 e. The summed E-state index contributed by atoms with van der Waals surface area (Å²) in [6.07, 6.45) is 1.60. The summed E-state index contributed by atoms with van der Waals surface area (Å²) in [6, 6.07) is 6.98. The second kappa shape index (κ2) is 10.9. The lowest BCUT2D eigenvalue weighted by Crippen LogP contribution is -2.37. The van der Waals surface area contributed by atoms with Gasteiger partial charge in [-0.2, -0.15) is 0 Å². The Morgan fingerprint density at radius 1 is 1.19 bits per heavy atom. The zero-order chi connectivity index (χ0) is 19.8. The van der Waals surface area contributed by atoms with Gasteiger partial charge in [-0.25, -0.2) is 0 Å². The molecule has 1 atom stereocenters. The predicted octanol–water partition coefficient (Wildman–Crippen LogP) is 2.39. The van der Waals surface area contributed by atoms with Gasteiger partial charge in [0.15, 0.2) is 11.5 Å². The van der Waals surface area contributed by atoms with E-state index in [1.54, 1.807) is 7.11 Å². The monoisotopic (exact) mass is 380 g/mol. The van der Waals surface area contributed by atoms with E-state index in [9.17, 15) is 5.11 Å². The van der Waals surface area contributed by atoms with Gasteiger partial charge in [-0.1, -0.05) is 6.07 Å². The van der Waals surface area contributed by atoms with Crippen LogP contribution in [0.1, 0.15) is 32.3 Å². The molecule has 6 heteroatoms. The highest BCUT2D eigenvalue weighted by atomic mass is 16.5. The first kappa shape index (κ1) is 22.0. The normalized spacial score (nSPS) is 16.9. The van der Waals surface area contributed by atoms with Crippen molar-refractivity contribution in [3.8, 4) is 11.5 Å². The Kier molecular flexibility index (Phi) is 8.83. The van der Waals surface area contributed by atoms with Gasteiger partial charge in [0, 0.05) is 38.4 Å². The number of rotatable bonds is 10. The molecule has 0 radical (unpaired) electrons. The number of ether oxygens (including phenoxy) is 3. The van der Waals surface area contributed by atoms with Crippen molar-refractivity contribution in [3.63, 3.8) is 0 Å². The molecule has 1 fully saturated rings. The number of hydrogen-bond donors (Lipinski definition) is 1. The summed E-state index contributed by atoms with van der Waals surface area (Å²) in [7, 11) is 5.80. The molecule has 2 rings (SSSR count). The molecule has 27 heavy (non-hydrogen) atoms. The maximum absolute atomic E-state index is 10.3. The average molecular weight is 381 g/mol. The summed E-state index contributed by atoms with van der Waals surface area (Å²) in [6.45, 7) is 7.57. The van der Waals surface area contributed by atoms with E-state index in [1.807, 2.05) is 19.2 Å². The molecule has 1 aliphatic rings. The Bertz CT molecular complexity index is 561. The van der Waals surface area contributed by atoms with E-state index in [4.69, 9.17) is 14.2 Å². The third-order valence-electron chi connectivity index (χ3n) is 5.29. The molecule has 0 spiro atoms. The van der Waals surface area contributed by atoms with Crippen LogP contribution < -0.4 is 9.47 Å². The third kappa shape index (κ3) is 6.96. The van der Waals surface area contributed by atoms with Crippen LogP contribution in [0.15, 0.2) is 18.2 Å². The van der Waals surface area contributed by atoms with E-state index in [0.717, 1.165) is 32.6 Å². The number of benzene rings is 1. The van der Waals surface area contributed by atoms with Crippen LogP contribution in [0.5, 0.6) is 11.5 Å². The Hall–Kier alpha value is -1.34. The van der Waals surface area contributed by atoms with Crippen molar-refractivity contribution in [2.75, 3.05) is 47.6 Å². The van der Waals surface area contributed by atoms with Gasteiger partial charge in [0.05, 0.1) is 7.11 Å². The zero-order valence-electron chi connectivity index (χ0n) is 17.5. The van der Waals surface area contributed by atoms with Gasteiger partial charge in [-0.05, 0) is 58.5 Å². The quantitative estimate of drug-likeness (QED) is 0.673. The first-order valence-electron chi connectivity index (χ1n) is 9.86. The average Bonchev–Trinajstić information content (AvgIpc) is 2.67. The molecular formula is C21H36N2O4. The molecule has 0 aromatic heterocycles. The second-order valence-electron chi connectivity index (χ2n) is 7.74. The fourth-order valence-corrected chi connectivity index (χ4v) is 3.26. The Labute approximate surface area is 164 Å². The molecule has 1 N–H and O–H groups in total. The molecular weight excluding hydrogens is 344 g/mol. The van der Waals surface area contributed by atoms with Crippen LogP contribution in [-0.4, -0.2) is 80.7 Å². The van der Waals surface area contributed by atoms with Crippen LogP contribution in [0.4, 0.5) is 0 Å². The van der Waals surface area contributed by atoms with Crippen LogP contribution in [0, 0.1) is 0 Å². The molecule has 1 aromatic rings. The van der Waals surface area contributed by atoms with E-state index in [0.29, 0.717) is 30.1 Å². The van der Waals surface area contributed by atoms with Crippen molar-refractivity contribution in [2.24, 2.45) is 0 Å². The van der Waals surface area contributed by atoms with E-state index in [1.165, 1.54) is 5.56 Å². The zero-order valence-corrected chi connectivity index (χ0v) is 17.5. The largest absolute Gasteiger partial charge is 0.493 e. The van der Waals surface area contributed by atoms with Crippen LogP contribution in [0.3, 0.4) is 0 Å². The SMILES string of the molecule is COc1ccc(CN(C)C2CCOCC2)cc1OC[C@H](O)CN(C)C(C)C. The lowest BCUT2D eigenvalue weighted by Gasteiger charge is -2.31. The first-order valence-corrected chi connectivity index (χ1v) is 9.86. The standard InChI is InChI=1S/C21H36N2O4/c1-16(2)22(3)14-19(24)15-27-21-12-17(6-7-20(21)25-5)13-23(4)18-8-10-26-11-9-18/h6-7,12,16,18-19,24H,8-11,13-15H2,1-5H3/t19-/m1/s1. The third-order valence-corrected chi connectivity index (χ3v) is 5.29. The molecule has 0 amide bonds. The van der Waals surface area contributed by atoms with Crippen molar-refractivity contribution in [3.05, 3.63) is 23.8 Å². The van der Waals surface area contributed by atoms with E-state index in [-0.39, 0.29) is 6.61 Å². The summed E-state index contributed by atoms with van der Waals surface area (Å²) in [4.78, 5) is 4.48. The smallest absolute Gasteiger partial charge is 0.161 e. The first-order chi connectivity index (χ1) is 12.9. The van der Waals surface area contributed by atoms with Gasteiger partial charge in [-0.3, -0.25) is 4.90 Å². The summed E-state index contributed by atoms with van der Waals surface area (Å²) in [5.74, 6) is 1.37. The molecule has 0 unspecified atom stereocenters. The number of nitrogens with zero attached hydrogens (tertiary/aromatic N) is 2. The van der Waals surface area contributed by atoms with E-state index >= 15 is 0 Å². The fraction of sp³-hybridized carbons (Fsp3) is 0.714. The highest BCUT2D eigenvalue weighted by Gasteiger charge is 2.19. The highest BCUT2D eigenvalue weighted by Crippen LogP contribution is 2.29. The topological polar surface area (TPSA) is 54.4 Å². The number of aliphatic hydroxyl groups is 1. The highest BCUT2D eigenvalue weighted by molar-refractivity contribution is 5.43. The van der Waals surface area contributed by atoms with Gasteiger partial charge in [-0.15, -0.1) is 0 Å². The Balaban J connectivity index is 1.95. The predicted molar refractivity (Wildman–Crippen MR) is 108 cm³/mol. The van der Waals surface area contributed by atoms with Crippen molar-refractivity contribution in [2.45, 2.75) is 51.4 Å². The molecule has 1 heterocycles. The summed E-state index contributed by atoms with van der Waals surface area (Å²) >= 11 is 0. The molecule has 0 aliphatic carbocycles. The van der Waals surface area contributed by atoms with Crippen molar-refractivity contribution < 1.29 is 19.3 Å². The van der Waals surface area contributed by atoms with Gasteiger partial charge in [0.2, 0.25) is 0 Å². The summed E-state index contributed by atoms with van der Waals surface area (Å²) in [5.41, 5.74) is 1.17. The maximum atomic E-state index is 10.3. The van der Waals surface area contributed by atoms with Crippen LogP contribution in [-0.2, 0) is 11.3 Å². The van der Waals surface area contributed by atoms with Gasteiger partial charge < -0.3 is 24.2 Å². The second-order valence-corrected chi connectivity index (χ2v) is 7.74. The summed E-state index contributed by atoms with van der Waals surface area (Å²) in [5, 5.41) is 10.3. The van der Waals surface area contributed by atoms with E-state index in [2.05, 4.69) is 36.8 Å². The van der Waals surface area contributed by atoms with Gasteiger partial charge in [0.25, 0.3) is 0 Å². The van der Waals surface area contributed by atoms with Crippen LogP contribution in [0.25, 0.3) is 0 Å². The van der Waals surface area contributed by atoms with E-state index < -0.39 is 6.10 Å². The summed E-state index contributed by atoms with van der Waals surface area (Å²) < 4.78 is 16.8. The van der Waals surface area contributed by atoms with Crippen LogP contribution >= 0.6 is 0 Å². The Morgan fingerprint density at radius 3 is 2.52 bits per heavy atom. The molecule has 0 saturated carbocycles. The molecule has 0 bridgehead atoms. The van der Waals surface area contributed by atoms with Crippen molar-refractivity contribution in [1.29, 1.82) is 0 Å². The lowest BCUT2D eigenvalue weighted by atomic mass is 10.1. The van der Waals surface area contributed by atoms with Crippen LogP contribution in [0.2, 0.25) is 0 Å². The lowest BCUT2D eigenvalue weighted by molar-refractivity contribution is 0.0406. The van der Waals surface area contributed by atoms with Crippen molar-refractivity contribution in [1.82, 2.24) is 9.80 Å². The number of likely N-dealkylation sites (N-methyl/N-ethyl adjacent to an activating group) is 1. The molecule has 154 valence electrons. The fourth-order valence-electron chi connectivity index (χ4n) is 3.26. The minimum atomic E-state index is -0.546. The minimum Gasteiger partial charge on any atom is -0.493 e. The molecule has 1 saturated heterocycles.